The molecule has 0 bridgehead atoms. The normalized spacial score (nSPS) is 20.0. The largest absolute Gasteiger partial charge is 0.340 e. The lowest BCUT2D eigenvalue weighted by atomic mass is 10.1. The van der Waals surface area contributed by atoms with Crippen molar-refractivity contribution in [1.29, 1.82) is 0 Å². The number of aromatic nitrogens is 4. The Hall–Kier alpha value is -2.76. The van der Waals surface area contributed by atoms with Crippen LogP contribution in [0.1, 0.15) is 53.5 Å². The van der Waals surface area contributed by atoms with E-state index < -0.39 is 0 Å². The summed E-state index contributed by atoms with van der Waals surface area (Å²) >= 11 is 0. The van der Waals surface area contributed by atoms with E-state index in [2.05, 4.69) is 19.9 Å². The number of hydrogen-bond acceptors (Lipinski definition) is 4. The Labute approximate surface area is 151 Å². The van der Waals surface area contributed by atoms with Crippen LogP contribution in [-0.2, 0) is 6.42 Å². The number of rotatable bonds is 4. The van der Waals surface area contributed by atoms with Crippen molar-refractivity contribution < 1.29 is 4.79 Å². The highest BCUT2D eigenvalue weighted by molar-refractivity contribution is 6.04. The molecule has 1 saturated heterocycles. The van der Waals surface area contributed by atoms with E-state index in [-0.39, 0.29) is 11.9 Å². The second-order valence-corrected chi connectivity index (χ2v) is 7.33. The molecule has 3 aromatic heterocycles. The summed E-state index contributed by atoms with van der Waals surface area (Å²) in [6, 6.07) is 5.93. The number of aromatic amines is 1. The van der Waals surface area contributed by atoms with E-state index in [1.165, 1.54) is 12.8 Å². The molecule has 26 heavy (non-hydrogen) atoms. The molecule has 4 heterocycles. The first-order valence-corrected chi connectivity index (χ1v) is 9.34. The van der Waals surface area contributed by atoms with E-state index in [0.29, 0.717) is 11.2 Å². The third-order valence-electron chi connectivity index (χ3n) is 5.46. The molecule has 5 rings (SSSR count). The van der Waals surface area contributed by atoms with Gasteiger partial charge in [0, 0.05) is 31.6 Å². The number of carbonyl (C=O) groups is 1. The fraction of sp³-hybridized carbons (Fsp3) is 0.400. The monoisotopic (exact) mass is 347 g/mol. The number of nitrogens with one attached hydrogen (secondary N) is 1. The van der Waals surface area contributed by atoms with Crippen LogP contribution in [0.3, 0.4) is 0 Å². The van der Waals surface area contributed by atoms with Crippen LogP contribution < -0.4 is 0 Å². The molecule has 1 aliphatic heterocycles. The number of nitrogens with zero attached hydrogens (tertiary/aromatic N) is 4. The summed E-state index contributed by atoms with van der Waals surface area (Å²) in [4.78, 5) is 31.7. The molecule has 132 valence electrons. The molecule has 0 spiro atoms. The topological polar surface area (TPSA) is 74.8 Å². The lowest BCUT2D eigenvalue weighted by Crippen LogP contribution is -2.30. The first-order valence-electron chi connectivity index (χ1n) is 9.34. The Kier molecular flexibility index (Phi) is 3.69. The van der Waals surface area contributed by atoms with Crippen LogP contribution >= 0.6 is 0 Å². The molecule has 3 aromatic rings. The molecule has 1 amide bonds. The van der Waals surface area contributed by atoms with Crippen LogP contribution in [0.5, 0.6) is 0 Å². The number of fused-ring (bicyclic) bond motifs is 1. The maximum absolute atomic E-state index is 13.3. The van der Waals surface area contributed by atoms with Crippen molar-refractivity contribution in [3.8, 4) is 0 Å². The van der Waals surface area contributed by atoms with Crippen LogP contribution in [0.4, 0.5) is 0 Å². The maximum atomic E-state index is 13.3. The second-order valence-electron chi connectivity index (χ2n) is 7.33. The van der Waals surface area contributed by atoms with Crippen molar-refractivity contribution in [2.45, 2.75) is 38.1 Å². The summed E-state index contributed by atoms with van der Waals surface area (Å²) in [5.41, 5.74) is 3.24. The minimum absolute atomic E-state index is 0.0540. The third kappa shape index (κ3) is 2.75. The lowest BCUT2D eigenvalue weighted by Gasteiger charge is -2.25. The molecule has 1 N–H and O–H groups in total. The SMILES string of the molecule is O=C(c1ccnc2nc(CC3CC3)[nH]c12)N1CCCC1c1ccncc1. The summed E-state index contributed by atoms with van der Waals surface area (Å²) < 4.78 is 0. The zero-order valence-corrected chi connectivity index (χ0v) is 14.6. The smallest absolute Gasteiger partial charge is 0.256 e. The van der Waals surface area contributed by atoms with E-state index in [1.807, 2.05) is 23.1 Å². The molecular weight excluding hydrogens is 326 g/mol. The Bertz CT molecular complexity index is 947. The number of H-pyrrole nitrogens is 1. The number of amides is 1. The third-order valence-corrected chi connectivity index (χ3v) is 5.46. The Morgan fingerprint density at radius 3 is 2.81 bits per heavy atom. The number of carbonyl (C=O) groups excluding carboxylic acids is 1. The van der Waals surface area contributed by atoms with Gasteiger partial charge in [-0.1, -0.05) is 0 Å². The van der Waals surface area contributed by atoms with Crippen LogP contribution in [-0.4, -0.2) is 37.3 Å². The Balaban J connectivity index is 1.48. The molecule has 2 aliphatic rings. The highest BCUT2D eigenvalue weighted by Gasteiger charge is 2.32. The summed E-state index contributed by atoms with van der Waals surface area (Å²) in [5.74, 6) is 1.74. The number of hydrogen-bond donors (Lipinski definition) is 1. The minimum atomic E-state index is 0.0540. The lowest BCUT2D eigenvalue weighted by molar-refractivity contribution is 0.0737. The molecule has 1 unspecified atom stereocenters. The predicted octanol–water partition coefficient (Wildman–Crippen LogP) is 3.28. The van der Waals surface area contributed by atoms with Gasteiger partial charge >= 0.3 is 0 Å². The van der Waals surface area contributed by atoms with Crippen LogP contribution in [0.25, 0.3) is 11.2 Å². The first-order chi connectivity index (χ1) is 12.8. The number of pyridine rings is 2. The molecule has 0 radical (unpaired) electrons. The highest BCUT2D eigenvalue weighted by Crippen LogP contribution is 2.34. The number of likely N-dealkylation sites (tertiary alicyclic amines) is 1. The van der Waals surface area contributed by atoms with Crippen molar-refractivity contribution in [2.75, 3.05) is 6.54 Å². The van der Waals surface area contributed by atoms with E-state index >= 15 is 0 Å². The molecule has 1 aliphatic carbocycles. The summed E-state index contributed by atoms with van der Waals surface area (Å²) in [5, 5.41) is 0. The average molecular weight is 347 g/mol. The van der Waals surface area contributed by atoms with Crippen molar-refractivity contribution in [3.05, 3.63) is 53.7 Å². The fourth-order valence-corrected chi connectivity index (χ4v) is 3.93. The van der Waals surface area contributed by atoms with E-state index in [4.69, 9.17) is 0 Å². The van der Waals surface area contributed by atoms with Crippen molar-refractivity contribution in [3.63, 3.8) is 0 Å². The summed E-state index contributed by atoms with van der Waals surface area (Å²) in [7, 11) is 0. The van der Waals surface area contributed by atoms with Gasteiger partial charge in [-0.25, -0.2) is 9.97 Å². The summed E-state index contributed by atoms with van der Waals surface area (Å²) in [6.07, 6.45) is 10.8. The van der Waals surface area contributed by atoms with E-state index in [1.54, 1.807) is 18.6 Å². The van der Waals surface area contributed by atoms with Gasteiger partial charge in [0.05, 0.1) is 17.1 Å². The zero-order valence-electron chi connectivity index (χ0n) is 14.6. The number of imidazole rings is 1. The fourth-order valence-electron chi connectivity index (χ4n) is 3.93. The standard InChI is InChI=1S/C20H21N5O/c26-20(25-11-1-2-16(25)14-5-8-21-9-6-14)15-7-10-22-19-18(15)23-17(24-19)12-13-3-4-13/h5-10,13,16H,1-4,11-12H2,(H,22,23,24). The maximum Gasteiger partial charge on any atom is 0.256 e. The van der Waals surface area contributed by atoms with Gasteiger partial charge in [0.25, 0.3) is 5.91 Å². The van der Waals surface area contributed by atoms with Crippen LogP contribution in [0.15, 0.2) is 36.8 Å². The second kappa shape index (κ2) is 6.20. The first kappa shape index (κ1) is 15.5. The van der Waals surface area contributed by atoms with Gasteiger partial charge in [0.2, 0.25) is 0 Å². The predicted molar refractivity (Wildman–Crippen MR) is 97.6 cm³/mol. The van der Waals surface area contributed by atoms with Crippen molar-refractivity contribution in [2.24, 2.45) is 5.92 Å². The van der Waals surface area contributed by atoms with E-state index in [0.717, 1.165) is 48.6 Å². The van der Waals surface area contributed by atoms with Gasteiger partial charge < -0.3 is 9.88 Å². The van der Waals surface area contributed by atoms with E-state index in [9.17, 15) is 4.79 Å². The van der Waals surface area contributed by atoms with Gasteiger partial charge in [-0.2, -0.15) is 0 Å². The van der Waals surface area contributed by atoms with Crippen molar-refractivity contribution >= 4 is 17.1 Å². The van der Waals surface area contributed by atoms with Crippen LogP contribution in [0.2, 0.25) is 0 Å². The molecule has 1 atom stereocenters. The Morgan fingerprint density at radius 2 is 2.00 bits per heavy atom. The molecule has 2 fully saturated rings. The molecule has 6 nitrogen and oxygen atoms in total. The van der Waals surface area contributed by atoms with Gasteiger partial charge in [0.15, 0.2) is 5.65 Å². The minimum Gasteiger partial charge on any atom is -0.340 e. The van der Waals surface area contributed by atoms with Crippen molar-refractivity contribution in [1.82, 2.24) is 24.8 Å². The molecule has 0 aromatic carbocycles. The van der Waals surface area contributed by atoms with Gasteiger partial charge in [-0.05, 0) is 55.4 Å². The highest BCUT2D eigenvalue weighted by atomic mass is 16.2. The average Bonchev–Trinajstić information content (AvgIpc) is 3.19. The Morgan fingerprint density at radius 1 is 1.15 bits per heavy atom. The molecule has 1 saturated carbocycles. The molecule has 6 heteroatoms. The summed E-state index contributed by atoms with van der Waals surface area (Å²) in [6.45, 7) is 0.776. The van der Waals surface area contributed by atoms with Crippen LogP contribution in [0, 0.1) is 5.92 Å². The quantitative estimate of drug-likeness (QED) is 0.786. The van der Waals surface area contributed by atoms with Gasteiger partial charge in [-0.15, -0.1) is 0 Å². The molecular formula is C20H21N5O. The zero-order chi connectivity index (χ0) is 17.5. The van der Waals surface area contributed by atoms with Gasteiger partial charge in [0.1, 0.15) is 5.82 Å². The van der Waals surface area contributed by atoms with Gasteiger partial charge in [-0.3, -0.25) is 9.78 Å².